The molecule has 144 valence electrons. The summed E-state index contributed by atoms with van der Waals surface area (Å²) in [5, 5.41) is 0.464. The molecule has 0 saturated carbocycles. The van der Waals surface area contributed by atoms with E-state index in [9.17, 15) is 9.59 Å². The van der Waals surface area contributed by atoms with Crippen LogP contribution in [0.4, 0.5) is 5.69 Å². The van der Waals surface area contributed by atoms with Gasteiger partial charge in [0.1, 0.15) is 17.6 Å². The molecule has 0 aliphatic carbocycles. The molecular formula is C24H19NO4. The van der Waals surface area contributed by atoms with Crippen LogP contribution in [0.15, 0.2) is 94.3 Å². The summed E-state index contributed by atoms with van der Waals surface area (Å²) in [4.78, 5) is 26.7. The Bertz CT molecular complexity index is 1200. The molecule has 29 heavy (non-hydrogen) atoms. The summed E-state index contributed by atoms with van der Waals surface area (Å²) in [6.07, 6.45) is 1.46. The van der Waals surface area contributed by atoms with Gasteiger partial charge in [-0.2, -0.15) is 0 Å². The molecule has 0 fully saturated rings. The van der Waals surface area contributed by atoms with Crippen LogP contribution < -0.4 is 15.1 Å². The van der Waals surface area contributed by atoms with E-state index in [1.54, 1.807) is 25.2 Å². The van der Waals surface area contributed by atoms with Crippen molar-refractivity contribution in [3.8, 4) is 16.9 Å². The van der Waals surface area contributed by atoms with Gasteiger partial charge in [0.15, 0.2) is 12.0 Å². The topological polar surface area (TPSA) is 59.8 Å². The van der Waals surface area contributed by atoms with E-state index in [1.165, 1.54) is 11.2 Å². The molecule has 0 saturated heterocycles. The number of hydrogen-bond acceptors (Lipinski definition) is 4. The summed E-state index contributed by atoms with van der Waals surface area (Å²) in [5.74, 6) is 0.278. The summed E-state index contributed by atoms with van der Waals surface area (Å²) < 4.78 is 11.3. The minimum Gasteiger partial charge on any atom is -0.484 e. The highest BCUT2D eigenvalue weighted by Crippen LogP contribution is 2.23. The molecule has 4 rings (SSSR count). The Balaban J connectivity index is 1.52. The van der Waals surface area contributed by atoms with E-state index < -0.39 is 0 Å². The quantitative estimate of drug-likeness (QED) is 0.507. The van der Waals surface area contributed by atoms with Gasteiger partial charge in [-0.1, -0.05) is 48.5 Å². The third kappa shape index (κ3) is 3.89. The summed E-state index contributed by atoms with van der Waals surface area (Å²) in [5.41, 5.74) is 2.41. The van der Waals surface area contributed by atoms with Gasteiger partial charge < -0.3 is 14.1 Å². The smallest absolute Gasteiger partial charge is 0.264 e. The lowest BCUT2D eigenvalue weighted by Gasteiger charge is -2.17. The van der Waals surface area contributed by atoms with Crippen molar-refractivity contribution in [1.82, 2.24) is 0 Å². The van der Waals surface area contributed by atoms with Crippen molar-refractivity contribution in [2.45, 2.75) is 0 Å². The second-order valence-corrected chi connectivity index (χ2v) is 6.58. The highest BCUT2D eigenvalue weighted by atomic mass is 16.5. The average molecular weight is 385 g/mol. The molecule has 5 nitrogen and oxygen atoms in total. The monoisotopic (exact) mass is 385 g/mol. The lowest BCUT2D eigenvalue weighted by Crippen LogP contribution is -2.31. The molecular weight excluding hydrogens is 366 g/mol. The van der Waals surface area contributed by atoms with E-state index in [0.29, 0.717) is 22.3 Å². The van der Waals surface area contributed by atoms with Crippen molar-refractivity contribution >= 4 is 22.6 Å². The number of amides is 1. The van der Waals surface area contributed by atoms with E-state index in [4.69, 9.17) is 9.15 Å². The molecule has 0 atom stereocenters. The number of carbonyl (C=O) groups excluding carboxylic acids is 1. The van der Waals surface area contributed by atoms with E-state index in [1.807, 2.05) is 60.7 Å². The van der Waals surface area contributed by atoms with Gasteiger partial charge >= 0.3 is 0 Å². The zero-order valence-corrected chi connectivity index (χ0v) is 15.9. The first-order valence-corrected chi connectivity index (χ1v) is 9.19. The number of benzene rings is 3. The van der Waals surface area contributed by atoms with E-state index in [0.717, 1.165) is 11.3 Å². The Morgan fingerprint density at radius 2 is 1.66 bits per heavy atom. The predicted molar refractivity (Wildman–Crippen MR) is 113 cm³/mol. The molecule has 0 radical (unpaired) electrons. The van der Waals surface area contributed by atoms with Gasteiger partial charge in [0.25, 0.3) is 5.91 Å². The largest absolute Gasteiger partial charge is 0.484 e. The third-order valence-electron chi connectivity index (χ3n) is 4.71. The predicted octanol–water partition coefficient (Wildman–Crippen LogP) is 4.50. The maximum absolute atomic E-state index is 12.8. The van der Waals surface area contributed by atoms with Crippen LogP contribution in [0.25, 0.3) is 22.1 Å². The first-order valence-electron chi connectivity index (χ1n) is 9.19. The number of rotatable bonds is 5. The van der Waals surface area contributed by atoms with Crippen LogP contribution in [0, 0.1) is 0 Å². The van der Waals surface area contributed by atoms with Crippen LogP contribution in [-0.4, -0.2) is 19.6 Å². The van der Waals surface area contributed by atoms with Crippen molar-refractivity contribution in [2.75, 3.05) is 18.6 Å². The van der Waals surface area contributed by atoms with Gasteiger partial charge in [0.2, 0.25) is 0 Å². The number of carbonyl (C=O) groups is 1. The SMILES string of the molecule is CN(C(=O)COc1ccc2c(=O)c(-c3ccccc3)coc2c1)c1ccccc1. The minimum absolute atomic E-state index is 0.108. The molecule has 1 heterocycles. The van der Waals surface area contributed by atoms with E-state index in [2.05, 4.69) is 0 Å². The van der Waals surface area contributed by atoms with Crippen molar-refractivity contribution in [3.05, 3.63) is 95.3 Å². The maximum Gasteiger partial charge on any atom is 0.264 e. The van der Waals surface area contributed by atoms with Crippen LogP contribution in [0.5, 0.6) is 5.75 Å². The highest BCUT2D eigenvalue weighted by molar-refractivity contribution is 5.94. The Kier molecular flexibility index (Phi) is 5.12. The molecule has 0 aliphatic rings. The molecule has 4 aromatic rings. The fourth-order valence-corrected chi connectivity index (χ4v) is 3.05. The third-order valence-corrected chi connectivity index (χ3v) is 4.71. The van der Waals surface area contributed by atoms with Crippen LogP contribution in [0.1, 0.15) is 0 Å². The standard InChI is InChI=1S/C24H19NO4/c1-25(18-10-6-3-7-11-18)23(26)16-28-19-12-13-20-22(14-19)29-15-21(24(20)27)17-8-4-2-5-9-17/h2-15H,16H2,1H3. The summed E-state index contributed by atoms with van der Waals surface area (Å²) in [7, 11) is 1.70. The van der Waals surface area contributed by atoms with Crippen LogP contribution >= 0.6 is 0 Å². The molecule has 0 aliphatic heterocycles. The Morgan fingerprint density at radius 3 is 2.38 bits per heavy atom. The van der Waals surface area contributed by atoms with Crippen LogP contribution in [-0.2, 0) is 4.79 Å². The Hall–Kier alpha value is -3.86. The lowest BCUT2D eigenvalue weighted by molar-refractivity contribution is -0.120. The molecule has 3 aromatic carbocycles. The summed E-state index contributed by atoms with van der Waals surface area (Å²) >= 11 is 0. The number of anilines is 1. The fraction of sp³-hybridized carbons (Fsp3) is 0.0833. The number of likely N-dealkylation sites (N-methyl/N-ethyl adjacent to an activating group) is 1. The molecule has 0 bridgehead atoms. The number of ether oxygens (including phenoxy) is 1. The zero-order valence-electron chi connectivity index (χ0n) is 15.9. The van der Waals surface area contributed by atoms with E-state index >= 15 is 0 Å². The normalized spacial score (nSPS) is 10.7. The summed E-state index contributed by atoms with van der Waals surface area (Å²) in [6.45, 7) is -0.122. The number of hydrogen-bond donors (Lipinski definition) is 0. The van der Waals surface area contributed by atoms with Crippen molar-refractivity contribution < 1.29 is 13.9 Å². The van der Waals surface area contributed by atoms with Crippen molar-refractivity contribution in [2.24, 2.45) is 0 Å². The zero-order chi connectivity index (χ0) is 20.2. The van der Waals surface area contributed by atoms with Crippen LogP contribution in [0.2, 0.25) is 0 Å². The average Bonchev–Trinajstić information content (AvgIpc) is 2.78. The second kappa shape index (κ2) is 8.02. The van der Waals surface area contributed by atoms with Crippen molar-refractivity contribution in [1.29, 1.82) is 0 Å². The fourth-order valence-electron chi connectivity index (χ4n) is 3.05. The Morgan fingerprint density at radius 1 is 0.966 bits per heavy atom. The lowest BCUT2D eigenvalue weighted by atomic mass is 10.1. The number of para-hydroxylation sites is 1. The van der Waals surface area contributed by atoms with Crippen LogP contribution in [0.3, 0.4) is 0 Å². The highest BCUT2D eigenvalue weighted by Gasteiger charge is 2.13. The first kappa shape index (κ1) is 18.5. The molecule has 0 unspecified atom stereocenters. The van der Waals surface area contributed by atoms with Gasteiger partial charge in [-0.25, -0.2) is 0 Å². The molecule has 0 spiro atoms. The first-order chi connectivity index (χ1) is 14.1. The molecule has 1 aromatic heterocycles. The van der Waals surface area contributed by atoms with Gasteiger partial charge in [-0.15, -0.1) is 0 Å². The van der Waals surface area contributed by atoms with E-state index in [-0.39, 0.29) is 17.9 Å². The van der Waals surface area contributed by atoms with Gasteiger partial charge in [-0.05, 0) is 29.8 Å². The van der Waals surface area contributed by atoms with Gasteiger partial charge in [0.05, 0.1) is 10.9 Å². The molecule has 0 N–H and O–H groups in total. The van der Waals surface area contributed by atoms with Gasteiger partial charge in [-0.3, -0.25) is 9.59 Å². The van der Waals surface area contributed by atoms with Crippen molar-refractivity contribution in [3.63, 3.8) is 0 Å². The number of nitrogens with zero attached hydrogens (tertiary/aromatic N) is 1. The second-order valence-electron chi connectivity index (χ2n) is 6.58. The molecule has 1 amide bonds. The molecule has 5 heteroatoms. The maximum atomic E-state index is 12.8. The Labute approximate surface area is 167 Å². The minimum atomic E-state index is -0.183. The number of fused-ring (bicyclic) bond motifs is 1. The van der Waals surface area contributed by atoms with Gasteiger partial charge in [0, 0.05) is 18.8 Å². The summed E-state index contributed by atoms with van der Waals surface area (Å²) in [6, 6.07) is 23.7.